The molecule has 2 rings (SSSR count). The second-order valence-electron chi connectivity index (χ2n) is 4.57. The first-order chi connectivity index (χ1) is 9.13. The lowest BCUT2D eigenvalue weighted by Gasteiger charge is -2.22. The summed E-state index contributed by atoms with van der Waals surface area (Å²) in [6.45, 7) is 0.820. The highest BCUT2D eigenvalue weighted by atomic mass is 32.2. The Labute approximate surface area is 119 Å². The van der Waals surface area contributed by atoms with E-state index in [1.165, 1.54) is 32.1 Å². The molecule has 1 aromatic carbocycles. The van der Waals surface area contributed by atoms with Gasteiger partial charge in [0, 0.05) is 11.8 Å². The van der Waals surface area contributed by atoms with Gasteiger partial charge in [0.2, 0.25) is 10.0 Å². The number of benzene rings is 1. The summed E-state index contributed by atoms with van der Waals surface area (Å²) in [5, 5.41) is 3.87. The molecule has 4 nitrogen and oxygen atoms in total. The van der Waals surface area contributed by atoms with E-state index < -0.39 is 10.0 Å². The maximum Gasteiger partial charge on any atom is 0.242 e. The van der Waals surface area contributed by atoms with E-state index >= 15 is 0 Å². The van der Waals surface area contributed by atoms with Crippen molar-refractivity contribution in [2.45, 2.75) is 29.4 Å². The molecule has 2 N–H and O–H groups in total. The van der Waals surface area contributed by atoms with Crippen molar-refractivity contribution in [1.82, 2.24) is 4.72 Å². The summed E-state index contributed by atoms with van der Waals surface area (Å²) in [5.74, 6) is 1.21. The third-order valence-corrected chi connectivity index (χ3v) is 6.11. The van der Waals surface area contributed by atoms with E-state index in [4.69, 9.17) is 0 Å². The minimum Gasteiger partial charge on any atom is -0.383 e. The lowest BCUT2D eigenvalue weighted by Crippen LogP contribution is -2.23. The van der Waals surface area contributed by atoms with Crippen LogP contribution >= 0.6 is 11.8 Å². The Morgan fingerprint density at radius 3 is 2.79 bits per heavy atom. The number of rotatable bonds is 5. The number of para-hydroxylation sites is 1. The number of hydrogen-bond donors (Lipinski definition) is 2. The van der Waals surface area contributed by atoms with Gasteiger partial charge in [-0.1, -0.05) is 18.6 Å². The molecule has 0 radical (unpaired) electrons. The molecular formula is C13H20N2O2S2. The van der Waals surface area contributed by atoms with Crippen LogP contribution in [-0.2, 0) is 10.0 Å². The highest BCUT2D eigenvalue weighted by Gasteiger charge is 2.18. The molecule has 1 atom stereocenters. The standard InChI is InChI=1S/C13H20N2O2S2/c1-14-19(16,17)13-8-3-2-7-12(13)15-10-11-6-4-5-9-18-11/h2-3,7-8,11,14-15H,4-6,9-10H2,1H3. The Morgan fingerprint density at radius 2 is 2.11 bits per heavy atom. The second-order valence-corrected chi connectivity index (χ2v) is 7.84. The molecule has 0 saturated carbocycles. The number of nitrogens with one attached hydrogen (secondary N) is 2. The minimum absolute atomic E-state index is 0.318. The minimum atomic E-state index is -3.40. The first-order valence-electron chi connectivity index (χ1n) is 6.51. The summed E-state index contributed by atoms with van der Waals surface area (Å²) >= 11 is 1.97. The zero-order valence-electron chi connectivity index (χ0n) is 11.1. The van der Waals surface area contributed by atoms with Crippen molar-refractivity contribution in [3.63, 3.8) is 0 Å². The first kappa shape index (κ1) is 14.7. The summed E-state index contributed by atoms with van der Waals surface area (Å²) in [4.78, 5) is 0.318. The van der Waals surface area contributed by atoms with Crippen molar-refractivity contribution in [2.24, 2.45) is 0 Å². The highest BCUT2D eigenvalue weighted by Crippen LogP contribution is 2.26. The molecule has 0 bridgehead atoms. The van der Waals surface area contributed by atoms with Crippen molar-refractivity contribution in [3.8, 4) is 0 Å². The Balaban J connectivity index is 2.07. The lowest BCUT2D eigenvalue weighted by atomic mass is 10.2. The predicted molar refractivity (Wildman–Crippen MR) is 81.3 cm³/mol. The molecule has 0 spiro atoms. The fourth-order valence-electron chi connectivity index (χ4n) is 2.15. The van der Waals surface area contributed by atoms with Gasteiger partial charge in [0.1, 0.15) is 4.90 Å². The summed E-state index contributed by atoms with van der Waals surface area (Å²) in [6, 6.07) is 7.04. The number of thioether (sulfide) groups is 1. The maximum absolute atomic E-state index is 11.9. The fraction of sp³-hybridized carbons (Fsp3) is 0.538. The zero-order valence-corrected chi connectivity index (χ0v) is 12.7. The molecule has 19 heavy (non-hydrogen) atoms. The van der Waals surface area contributed by atoms with Gasteiger partial charge in [-0.3, -0.25) is 0 Å². The normalized spacial score (nSPS) is 20.2. The van der Waals surface area contributed by atoms with Crippen molar-refractivity contribution in [1.29, 1.82) is 0 Å². The van der Waals surface area contributed by atoms with Crippen molar-refractivity contribution >= 4 is 27.5 Å². The van der Waals surface area contributed by atoms with Crippen LogP contribution in [0.15, 0.2) is 29.2 Å². The molecule has 1 saturated heterocycles. The van der Waals surface area contributed by atoms with Crippen molar-refractivity contribution in [3.05, 3.63) is 24.3 Å². The van der Waals surface area contributed by atoms with Gasteiger partial charge in [0.05, 0.1) is 5.69 Å². The third kappa shape index (κ3) is 3.87. The lowest BCUT2D eigenvalue weighted by molar-refractivity contribution is 0.588. The van der Waals surface area contributed by atoms with Gasteiger partial charge in [-0.2, -0.15) is 11.8 Å². The second kappa shape index (κ2) is 6.63. The predicted octanol–water partition coefficient (Wildman–Crippen LogP) is 2.29. The van der Waals surface area contributed by atoms with Gasteiger partial charge >= 0.3 is 0 Å². The van der Waals surface area contributed by atoms with Gasteiger partial charge in [-0.15, -0.1) is 0 Å². The quantitative estimate of drug-likeness (QED) is 0.876. The van der Waals surface area contributed by atoms with E-state index in [2.05, 4.69) is 10.0 Å². The van der Waals surface area contributed by atoms with Crippen LogP contribution < -0.4 is 10.0 Å². The average molecular weight is 300 g/mol. The number of sulfonamides is 1. The largest absolute Gasteiger partial charge is 0.383 e. The molecule has 1 aliphatic rings. The average Bonchev–Trinajstić information content (AvgIpc) is 2.46. The van der Waals surface area contributed by atoms with E-state index in [1.54, 1.807) is 12.1 Å². The molecule has 0 amide bonds. The Hall–Kier alpha value is -0.720. The molecule has 1 fully saturated rings. The molecule has 1 heterocycles. The van der Waals surface area contributed by atoms with Crippen LogP contribution in [0.25, 0.3) is 0 Å². The van der Waals surface area contributed by atoms with Crippen LogP contribution in [0.3, 0.4) is 0 Å². The molecule has 0 aromatic heterocycles. The van der Waals surface area contributed by atoms with Crippen LogP contribution in [0.2, 0.25) is 0 Å². The van der Waals surface area contributed by atoms with Crippen LogP contribution in [0, 0.1) is 0 Å². The Bertz CT molecular complexity index is 511. The summed E-state index contributed by atoms with van der Waals surface area (Å²) < 4.78 is 26.2. The molecule has 106 valence electrons. The third-order valence-electron chi connectivity index (χ3n) is 3.24. The molecule has 1 aliphatic heterocycles. The smallest absolute Gasteiger partial charge is 0.242 e. The molecule has 0 aliphatic carbocycles. The maximum atomic E-state index is 11.9. The summed E-state index contributed by atoms with van der Waals surface area (Å²) in [6.07, 6.45) is 3.78. The van der Waals surface area contributed by atoms with E-state index in [9.17, 15) is 8.42 Å². The Morgan fingerprint density at radius 1 is 1.32 bits per heavy atom. The van der Waals surface area contributed by atoms with Crippen LogP contribution in [-0.4, -0.2) is 33.0 Å². The van der Waals surface area contributed by atoms with E-state index in [0.717, 1.165) is 6.54 Å². The van der Waals surface area contributed by atoms with Crippen LogP contribution in [0.1, 0.15) is 19.3 Å². The van der Waals surface area contributed by atoms with E-state index in [-0.39, 0.29) is 0 Å². The van der Waals surface area contributed by atoms with Crippen molar-refractivity contribution < 1.29 is 8.42 Å². The van der Waals surface area contributed by atoms with Gasteiger partial charge in [-0.05, 0) is 37.8 Å². The monoisotopic (exact) mass is 300 g/mol. The fourth-order valence-corrected chi connectivity index (χ4v) is 4.30. The van der Waals surface area contributed by atoms with Gasteiger partial charge in [0.25, 0.3) is 0 Å². The van der Waals surface area contributed by atoms with E-state index in [0.29, 0.717) is 15.8 Å². The van der Waals surface area contributed by atoms with Gasteiger partial charge in [0.15, 0.2) is 0 Å². The first-order valence-corrected chi connectivity index (χ1v) is 9.05. The highest BCUT2D eigenvalue weighted by molar-refractivity contribution is 8.00. The zero-order chi connectivity index (χ0) is 13.7. The number of hydrogen-bond acceptors (Lipinski definition) is 4. The Kier molecular flexibility index (Phi) is 5.13. The summed E-state index contributed by atoms with van der Waals surface area (Å²) in [7, 11) is -1.97. The van der Waals surface area contributed by atoms with Gasteiger partial charge < -0.3 is 5.32 Å². The van der Waals surface area contributed by atoms with Gasteiger partial charge in [-0.25, -0.2) is 13.1 Å². The van der Waals surface area contributed by atoms with Crippen LogP contribution in [0.5, 0.6) is 0 Å². The molecule has 6 heteroatoms. The number of anilines is 1. The van der Waals surface area contributed by atoms with Crippen molar-refractivity contribution in [2.75, 3.05) is 24.7 Å². The van der Waals surface area contributed by atoms with E-state index in [1.807, 2.05) is 23.9 Å². The topological polar surface area (TPSA) is 58.2 Å². The molecule has 1 unspecified atom stereocenters. The molecule has 1 aromatic rings. The summed E-state index contributed by atoms with van der Waals surface area (Å²) in [5.41, 5.74) is 0.683. The van der Waals surface area contributed by atoms with Crippen LogP contribution in [0.4, 0.5) is 5.69 Å². The SMILES string of the molecule is CNS(=O)(=O)c1ccccc1NCC1CCCCS1. The molecular weight excluding hydrogens is 280 g/mol.